The number of nitrogens with zero attached hydrogens (tertiary/aromatic N) is 3. The number of nitrogens with two attached hydrogens (primary N) is 1. The van der Waals surface area contributed by atoms with Gasteiger partial charge in [0, 0.05) is 18.2 Å². The average molecular weight is 399 g/mol. The fraction of sp³-hybridized carbons (Fsp3) is 0.250. The Kier molecular flexibility index (Phi) is 6.59. The van der Waals surface area contributed by atoms with Crippen LogP contribution in [0.25, 0.3) is 0 Å². The summed E-state index contributed by atoms with van der Waals surface area (Å²) in [4.78, 5) is 10.2. The van der Waals surface area contributed by atoms with Crippen molar-refractivity contribution in [1.82, 2.24) is 0 Å². The SMILES string of the molecule is CCOc1cc(N=Nc2cc(Cl)c([N+](=O)[O-])cc2Cl)c(OCC)cc1N. The zero-order valence-electron chi connectivity index (χ0n) is 14.0. The molecule has 26 heavy (non-hydrogen) atoms. The highest BCUT2D eigenvalue weighted by Crippen LogP contribution is 2.40. The Bertz CT molecular complexity index is 859. The van der Waals surface area contributed by atoms with E-state index in [1.54, 1.807) is 12.1 Å². The van der Waals surface area contributed by atoms with Gasteiger partial charge in [0.2, 0.25) is 0 Å². The van der Waals surface area contributed by atoms with Crippen LogP contribution in [-0.4, -0.2) is 18.1 Å². The maximum absolute atomic E-state index is 10.9. The molecular weight excluding hydrogens is 383 g/mol. The predicted molar refractivity (Wildman–Crippen MR) is 100 cm³/mol. The van der Waals surface area contributed by atoms with Gasteiger partial charge >= 0.3 is 0 Å². The van der Waals surface area contributed by atoms with Crippen LogP contribution in [0.4, 0.5) is 22.7 Å². The molecule has 0 radical (unpaired) electrons. The highest BCUT2D eigenvalue weighted by Gasteiger charge is 2.16. The summed E-state index contributed by atoms with van der Waals surface area (Å²) in [6.07, 6.45) is 0. The van der Waals surface area contributed by atoms with Crippen LogP contribution in [-0.2, 0) is 0 Å². The van der Waals surface area contributed by atoms with E-state index in [2.05, 4.69) is 10.2 Å². The minimum Gasteiger partial charge on any atom is -0.492 e. The van der Waals surface area contributed by atoms with Crippen molar-refractivity contribution in [3.8, 4) is 11.5 Å². The third kappa shape index (κ3) is 4.53. The molecule has 0 amide bonds. The summed E-state index contributed by atoms with van der Waals surface area (Å²) in [7, 11) is 0. The zero-order chi connectivity index (χ0) is 19.3. The van der Waals surface area contributed by atoms with Gasteiger partial charge in [-0.05, 0) is 19.9 Å². The monoisotopic (exact) mass is 398 g/mol. The molecule has 2 N–H and O–H groups in total. The molecule has 0 aliphatic rings. The summed E-state index contributed by atoms with van der Waals surface area (Å²) in [5.74, 6) is 0.860. The lowest BCUT2D eigenvalue weighted by Gasteiger charge is -2.11. The summed E-state index contributed by atoms with van der Waals surface area (Å²) in [6.45, 7) is 4.48. The molecule has 8 nitrogen and oxygen atoms in total. The second-order valence-electron chi connectivity index (χ2n) is 4.94. The van der Waals surface area contributed by atoms with E-state index in [4.69, 9.17) is 38.4 Å². The first-order chi connectivity index (χ1) is 12.4. The molecule has 0 saturated carbocycles. The third-order valence-corrected chi connectivity index (χ3v) is 3.77. The van der Waals surface area contributed by atoms with Crippen LogP contribution in [0.3, 0.4) is 0 Å². The van der Waals surface area contributed by atoms with Crippen LogP contribution in [0.2, 0.25) is 10.0 Å². The fourth-order valence-electron chi connectivity index (χ4n) is 2.04. The van der Waals surface area contributed by atoms with E-state index in [0.29, 0.717) is 36.1 Å². The second-order valence-corrected chi connectivity index (χ2v) is 5.75. The maximum Gasteiger partial charge on any atom is 0.289 e. The number of halogens is 2. The number of nitro groups is 1. The van der Waals surface area contributed by atoms with E-state index >= 15 is 0 Å². The largest absolute Gasteiger partial charge is 0.492 e. The smallest absolute Gasteiger partial charge is 0.289 e. The fourth-order valence-corrected chi connectivity index (χ4v) is 2.47. The van der Waals surface area contributed by atoms with E-state index in [1.165, 1.54) is 6.07 Å². The molecule has 0 bridgehead atoms. The van der Waals surface area contributed by atoms with Gasteiger partial charge in [-0.15, -0.1) is 10.2 Å². The predicted octanol–water partition coefficient (Wildman–Crippen LogP) is 5.70. The van der Waals surface area contributed by atoms with Crippen molar-refractivity contribution < 1.29 is 14.4 Å². The number of nitrogen functional groups attached to an aromatic ring is 1. The van der Waals surface area contributed by atoms with E-state index in [-0.39, 0.29) is 21.4 Å². The van der Waals surface area contributed by atoms with E-state index in [0.717, 1.165) is 6.07 Å². The highest BCUT2D eigenvalue weighted by molar-refractivity contribution is 6.36. The molecule has 138 valence electrons. The molecule has 0 saturated heterocycles. The van der Waals surface area contributed by atoms with Crippen molar-refractivity contribution in [3.63, 3.8) is 0 Å². The molecule has 0 unspecified atom stereocenters. The highest BCUT2D eigenvalue weighted by atomic mass is 35.5. The second kappa shape index (κ2) is 8.68. The van der Waals surface area contributed by atoms with Crippen LogP contribution in [0, 0.1) is 10.1 Å². The molecular formula is C16H16Cl2N4O4. The van der Waals surface area contributed by atoms with Crippen molar-refractivity contribution in [2.75, 3.05) is 18.9 Å². The Hall–Kier alpha value is -2.58. The first-order valence-electron chi connectivity index (χ1n) is 7.61. The van der Waals surface area contributed by atoms with Crippen LogP contribution in [0.5, 0.6) is 11.5 Å². The number of hydrogen-bond donors (Lipinski definition) is 1. The average Bonchev–Trinajstić information content (AvgIpc) is 2.58. The van der Waals surface area contributed by atoms with Crippen LogP contribution < -0.4 is 15.2 Å². The molecule has 2 aromatic rings. The molecule has 0 aliphatic carbocycles. The molecule has 0 aliphatic heterocycles. The normalized spacial score (nSPS) is 10.9. The number of azo groups is 1. The number of anilines is 1. The number of ether oxygens (including phenoxy) is 2. The summed E-state index contributed by atoms with van der Waals surface area (Å²) in [5, 5.41) is 19.0. The third-order valence-electron chi connectivity index (χ3n) is 3.17. The van der Waals surface area contributed by atoms with Crippen LogP contribution in [0.15, 0.2) is 34.5 Å². The summed E-state index contributed by atoms with van der Waals surface area (Å²) >= 11 is 11.9. The van der Waals surface area contributed by atoms with Crippen LogP contribution in [0.1, 0.15) is 13.8 Å². The lowest BCUT2D eigenvalue weighted by atomic mass is 10.2. The van der Waals surface area contributed by atoms with Crippen molar-refractivity contribution in [2.45, 2.75) is 13.8 Å². The van der Waals surface area contributed by atoms with Gasteiger partial charge in [0.15, 0.2) is 0 Å². The zero-order valence-corrected chi connectivity index (χ0v) is 15.5. The van der Waals surface area contributed by atoms with Gasteiger partial charge in [-0.1, -0.05) is 23.2 Å². The van der Waals surface area contributed by atoms with Gasteiger partial charge < -0.3 is 15.2 Å². The number of rotatable bonds is 7. The Morgan fingerprint density at radius 1 is 1.00 bits per heavy atom. The molecule has 2 rings (SSSR count). The summed E-state index contributed by atoms with van der Waals surface area (Å²) in [6, 6.07) is 5.57. The summed E-state index contributed by atoms with van der Waals surface area (Å²) in [5.41, 5.74) is 6.57. The molecule has 2 aromatic carbocycles. The quantitative estimate of drug-likeness (QED) is 0.278. The Balaban J connectivity index is 2.44. The van der Waals surface area contributed by atoms with Crippen molar-refractivity contribution in [2.24, 2.45) is 10.2 Å². The number of benzene rings is 2. The minimum atomic E-state index is -0.628. The van der Waals surface area contributed by atoms with E-state index in [9.17, 15) is 10.1 Å². The lowest BCUT2D eigenvalue weighted by Crippen LogP contribution is -1.99. The Labute approximate surface area is 159 Å². The number of hydrogen-bond acceptors (Lipinski definition) is 7. The first-order valence-corrected chi connectivity index (χ1v) is 8.37. The van der Waals surface area contributed by atoms with Crippen molar-refractivity contribution in [1.29, 1.82) is 0 Å². The van der Waals surface area contributed by atoms with Crippen LogP contribution >= 0.6 is 23.2 Å². The topological polar surface area (TPSA) is 112 Å². The molecule has 0 aromatic heterocycles. The van der Waals surface area contributed by atoms with Gasteiger partial charge in [-0.2, -0.15) is 0 Å². The molecule has 0 heterocycles. The molecule has 0 spiro atoms. The van der Waals surface area contributed by atoms with Crippen molar-refractivity contribution >= 4 is 46.0 Å². The first kappa shape index (κ1) is 19.7. The number of nitro benzene ring substituents is 1. The van der Waals surface area contributed by atoms with Crippen molar-refractivity contribution in [3.05, 3.63) is 44.4 Å². The van der Waals surface area contributed by atoms with Gasteiger partial charge in [-0.3, -0.25) is 10.1 Å². The Morgan fingerprint density at radius 3 is 2.23 bits per heavy atom. The van der Waals surface area contributed by atoms with E-state index in [1.807, 2.05) is 13.8 Å². The molecule has 0 atom stereocenters. The van der Waals surface area contributed by atoms with Gasteiger partial charge in [-0.25, -0.2) is 0 Å². The lowest BCUT2D eigenvalue weighted by molar-refractivity contribution is -0.384. The van der Waals surface area contributed by atoms with Gasteiger partial charge in [0.25, 0.3) is 5.69 Å². The minimum absolute atomic E-state index is 0.0447. The molecule has 0 fully saturated rings. The molecule has 10 heteroatoms. The maximum atomic E-state index is 10.9. The standard InChI is InChI=1S/C16H16Cl2N4O4/c1-3-25-15-8-13(16(26-4-2)7-11(15)19)21-20-12-5-10(18)14(22(23)24)6-9(12)17/h5-8H,3-4,19H2,1-2H3. The Morgan fingerprint density at radius 2 is 1.62 bits per heavy atom. The summed E-state index contributed by atoms with van der Waals surface area (Å²) < 4.78 is 10.9. The van der Waals surface area contributed by atoms with E-state index < -0.39 is 4.92 Å². The van der Waals surface area contributed by atoms with Gasteiger partial charge in [0.1, 0.15) is 27.9 Å². The van der Waals surface area contributed by atoms with Gasteiger partial charge in [0.05, 0.1) is 28.8 Å².